The van der Waals surface area contributed by atoms with E-state index in [1.165, 1.54) is 0 Å². The number of rotatable bonds is 8. The van der Waals surface area contributed by atoms with Crippen molar-refractivity contribution in [1.82, 2.24) is 5.32 Å². The summed E-state index contributed by atoms with van der Waals surface area (Å²) < 4.78 is 11.6. The number of nitrogens with one attached hydrogen (secondary N) is 1. The van der Waals surface area contributed by atoms with Gasteiger partial charge in [-0.05, 0) is 40.5 Å². The van der Waals surface area contributed by atoms with Crippen LogP contribution in [-0.4, -0.2) is 43.2 Å². The van der Waals surface area contributed by atoms with Crippen LogP contribution < -0.4 is 14.8 Å². The van der Waals surface area contributed by atoms with Gasteiger partial charge in [0.2, 0.25) is 0 Å². The van der Waals surface area contributed by atoms with E-state index in [9.17, 15) is 0 Å². The van der Waals surface area contributed by atoms with Crippen LogP contribution in [0, 0.1) is 0 Å². The summed E-state index contributed by atoms with van der Waals surface area (Å²) in [6.07, 6.45) is 0. The fraction of sp³-hybridized carbons (Fsp3) is 0.538. The van der Waals surface area contributed by atoms with Crippen LogP contribution in [0.25, 0.3) is 0 Å². The summed E-state index contributed by atoms with van der Waals surface area (Å²) >= 11 is 3.45. The molecular formula is C13H20BrNO4. The Hall–Kier alpha value is -0.820. The predicted octanol–water partition coefficient (Wildman–Crippen LogP) is 1.30. The molecule has 1 aromatic carbocycles. The minimum absolute atomic E-state index is 0.105. The number of hydrogen-bond acceptors (Lipinski definition) is 5. The molecule has 1 rings (SSSR count). The zero-order chi connectivity index (χ0) is 14.3. The van der Waals surface area contributed by atoms with E-state index in [4.69, 9.17) is 19.7 Å². The van der Waals surface area contributed by atoms with Gasteiger partial charge in [0.1, 0.15) is 0 Å². The maximum atomic E-state index is 9.00. The second-order valence-electron chi connectivity index (χ2n) is 3.99. The van der Waals surface area contributed by atoms with Gasteiger partial charge in [0.15, 0.2) is 11.5 Å². The van der Waals surface area contributed by atoms with E-state index in [2.05, 4.69) is 21.2 Å². The number of methoxy groups -OCH3 is 1. The maximum absolute atomic E-state index is 9.00. The Bertz CT molecular complexity index is 396. The summed E-state index contributed by atoms with van der Waals surface area (Å²) in [7, 11) is 1.59. The van der Waals surface area contributed by atoms with Gasteiger partial charge in [-0.2, -0.15) is 0 Å². The highest BCUT2D eigenvalue weighted by molar-refractivity contribution is 9.10. The largest absolute Gasteiger partial charge is 0.493 e. The minimum Gasteiger partial charge on any atom is -0.493 e. The van der Waals surface area contributed by atoms with Crippen LogP contribution in [0.2, 0.25) is 0 Å². The Morgan fingerprint density at radius 2 is 2.00 bits per heavy atom. The highest BCUT2D eigenvalue weighted by Crippen LogP contribution is 2.36. The SMILES string of the molecule is CCOc1c(Br)cc(CNC(CO)CO)cc1OC. The van der Waals surface area contributed by atoms with Crippen molar-refractivity contribution in [3.05, 3.63) is 22.2 Å². The van der Waals surface area contributed by atoms with Gasteiger partial charge in [-0.15, -0.1) is 0 Å². The number of benzene rings is 1. The van der Waals surface area contributed by atoms with E-state index in [1.54, 1.807) is 7.11 Å². The van der Waals surface area contributed by atoms with Crippen LogP contribution >= 0.6 is 15.9 Å². The molecule has 108 valence electrons. The van der Waals surface area contributed by atoms with Crippen LogP contribution in [0.3, 0.4) is 0 Å². The molecule has 0 aliphatic carbocycles. The van der Waals surface area contributed by atoms with Crippen LogP contribution in [-0.2, 0) is 6.54 Å². The fourth-order valence-electron chi connectivity index (χ4n) is 1.61. The maximum Gasteiger partial charge on any atom is 0.175 e. The Morgan fingerprint density at radius 3 is 2.53 bits per heavy atom. The van der Waals surface area contributed by atoms with Crippen molar-refractivity contribution in [3.8, 4) is 11.5 Å². The second kappa shape index (κ2) is 8.37. The first-order chi connectivity index (χ1) is 9.15. The van der Waals surface area contributed by atoms with E-state index < -0.39 is 0 Å². The summed E-state index contributed by atoms with van der Waals surface area (Å²) in [4.78, 5) is 0. The van der Waals surface area contributed by atoms with E-state index in [-0.39, 0.29) is 19.3 Å². The second-order valence-corrected chi connectivity index (χ2v) is 4.84. The van der Waals surface area contributed by atoms with Crippen molar-refractivity contribution in [1.29, 1.82) is 0 Å². The van der Waals surface area contributed by atoms with Gasteiger partial charge < -0.3 is 25.0 Å². The van der Waals surface area contributed by atoms with Crippen molar-refractivity contribution in [2.45, 2.75) is 19.5 Å². The number of aliphatic hydroxyl groups is 2. The van der Waals surface area contributed by atoms with Crippen molar-refractivity contribution < 1.29 is 19.7 Å². The number of hydrogen-bond donors (Lipinski definition) is 3. The lowest BCUT2D eigenvalue weighted by Gasteiger charge is -2.16. The molecule has 0 amide bonds. The van der Waals surface area contributed by atoms with E-state index in [0.717, 1.165) is 10.0 Å². The van der Waals surface area contributed by atoms with Crippen molar-refractivity contribution in [2.24, 2.45) is 0 Å². The lowest BCUT2D eigenvalue weighted by molar-refractivity contribution is 0.170. The summed E-state index contributed by atoms with van der Waals surface area (Å²) in [5, 5.41) is 21.0. The number of ether oxygens (including phenoxy) is 2. The van der Waals surface area contributed by atoms with Gasteiger partial charge in [-0.25, -0.2) is 0 Å². The zero-order valence-electron chi connectivity index (χ0n) is 11.1. The normalized spacial score (nSPS) is 10.8. The Balaban J connectivity index is 2.83. The fourth-order valence-corrected chi connectivity index (χ4v) is 2.21. The minimum atomic E-state index is -0.323. The summed E-state index contributed by atoms with van der Waals surface area (Å²) in [6.45, 7) is 2.78. The molecule has 0 fully saturated rings. The molecule has 0 heterocycles. The third-order valence-corrected chi connectivity index (χ3v) is 3.20. The Labute approximate surface area is 121 Å². The standard InChI is InChI=1S/C13H20BrNO4/c1-3-19-13-11(14)4-9(5-12(13)18-2)6-15-10(7-16)8-17/h4-5,10,15-17H,3,6-8H2,1-2H3. The third-order valence-electron chi connectivity index (χ3n) is 2.61. The Kier molecular flexibility index (Phi) is 7.15. The summed E-state index contributed by atoms with van der Waals surface area (Å²) in [5.41, 5.74) is 0.971. The Morgan fingerprint density at radius 1 is 1.32 bits per heavy atom. The van der Waals surface area contributed by atoms with E-state index >= 15 is 0 Å². The van der Waals surface area contributed by atoms with Crippen LogP contribution in [0.5, 0.6) is 11.5 Å². The highest BCUT2D eigenvalue weighted by Gasteiger charge is 2.12. The van der Waals surface area contributed by atoms with Crippen LogP contribution in [0.4, 0.5) is 0 Å². The molecule has 5 nitrogen and oxygen atoms in total. The molecule has 3 N–H and O–H groups in total. The van der Waals surface area contributed by atoms with Gasteiger partial charge in [0, 0.05) is 6.54 Å². The number of aliphatic hydroxyl groups excluding tert-OH is 2. The first kappa shape index (κ1) is 16.2. The van der Waals surface area contributed by atoms with Crippen molar-refractivity contribution >= 4 is 15.9 Å². The summed E-state index contributed by atoms with van der Waals surface area (Å²) in [6, 6.07) is 3.47. The molecule has 1 aromatic rings. The molecule has 19 heavy (non-hydrogen) atoms. The highest BCUT2D eigenvalue weighted by atomic mass is 79.9. The van der Waals surface area contributed by atoms with Crippen molar-refractivity contribution in [2.75, 3.05) is 26.9 Å². The first-order valence-corrected chi connectivity index (χ1v) is 6.89. The average Bonchev–Trinajstić information content (AvgIpc) is 2.42. The molecule has 6 heteroatoms. The molecule has 0 aliphatic heterocycles. The lowest BCUT2D eigenvalue weighted by atomic mass is 10.2. The van der Waals surface area contributed by atoms with Gasteiger partial charge in [-0.1, -0.05) is 0 Å². The molecule has 0 aliphatic rings. The molecular weight excluding hydrogens is 314 g/mol. The number of halogens is 1. The predicted molar refractivity (Wildman–Crippen MR) is 76.7 cm³/mol. The molecule has 0 bridgehead atoms. The van der Waals surface area contributed by atoms with Crippen LogP contribution in [0.15, 0.2) is 16.6 Å². The smallest absolute Gasteiger partial charge is 0.175 e. The van der Waals surface area contributed by atoms with Gasteiger partial charge in [-0.3, -0.25) is 0 Å². The van der Waals surface area contributed by atoms with Gasteiger partial charge in [0.25, 0.3) is 0 Å². The molecule has 0 saturated heterocycles. The summed E-state index contributed by atoms with van der Waals surface area (Å²) in [5.74, 6) is 1.33. The quantitative estimate of drug-likeness (QED) is 0.669. The van der Waals surface area contributed by atoms with Crippen molar-refractivity contribution in [3.63, 3.8) is 0 Å². The molecule has 0 unspecified atom stereocenters. The molecule has 0 radical (unpaired) electrons. The van der Waals surface area contributed by atoms with Gasteiger partial charge >= 0.3 is 0 Å². The first-order valence-electron chi connectivity index (χ1n) is 6.10. The molecule has 0 saturated carbocycles. The topological polar surface area (TPSA) is 71.0 Å². The lowest BCUT2D eigenvalue weighted by Crippen LogP contribution is -2.35. The van der Waals surface area contributed by atoms with E-state index in [1.807, 2.05) is 19.1 Å². The van der Waals surface area contributed by atoms with E-state index in [0.29, 0.717) is 24.7 Å². The molecule has 0 aromatic heterocycles. The molecule has 0 spiro atoms. The monoisotopic (exact) mass is 333 g/mol. The zero-order valence-corrected chi connectivity index (χ0v) is 12.7. The van der Waals surface area contributed by atoms with Crippen LogP contribution in [0.1, 0.15) is 12.5 Å². The molecule has 0 atom stereocenters. The third kappa shape index (κ3) is 4.65. The van der Waals surface area contributed by atoms with Gasteiger partial charge in [0.05, 0.1) is 37.4 Å². The average molecular weight is 334 g/mol.